The molecule has 8 heteroatoms. The number of nitrogens with one attached hydrogen (secondary N) is 2. The van der Waals surface area contributed by atoms with Gasteiger partial charge < -0.3 is 15.7 Å². The molecular weight excluding hydrogens is 335 g/mol. The van der Waals surface area contributed by atoms with Gasteiger partial charge in [0, 0.05) is 5.69 Å². The van der Waals surface area contributed by atoms with Crippen molar-refractivity contribution in [3.63, 3.8) is 0 Å². The highest BCUT2D eigenvalue weighted by Gasteiger charge is 2.18. The number of carbonyl (C=O) groups excluding carboxylic acids is 1. The van der Waals surface area contributed by atoms with Crippen LogP contribution in [0.5, 0.6) is 0 Å². The molecule has 0 bridgehead atoms. The van der Waals surface area contributed by atoms with Crippen LogP contribution in [0.1, 0.15) is 17.2 Å². The molecule has 0 aliphatic rings. The molecule has 0 heterocycles. The number of hydrogen-bond donors (Lipinski definition) is 3. The summed E-state index contributed by atoms with van der Waals surface area (Å²) in [5, 5.41) is 23.2. The van der Waals surface area contributed by atoms with Crippen molar-refractivity contribution in [3.05, 3.63) is 65.0 Å². The van der Waals surface area contributed by atoms with Gasteiger partial charge in [0.2, 0.25) is 5.91 Å². The summed E-state index contributed by atoms with van der Waals surface area (Å²) in [7, 11) is 0. The van der Waals surface area contributed by atoms with E-state index in [0.29, 0.717) is 23.4 Å². The number of halogens is 3. The Morgan fingerprint density at radius 2 is 1.76 bits per heavy atom. The zero-order chi connectivity index (χ0) is 18.4. The minimum atomic E-state index is -1.62. The third kappa shape index (κ3) is 4.71. The number of nitriles is 1. The van der Waals surface area contributed by atoms with Gasteiger partial charge >= 0.3 is 0 Å². The van der Waals surface area contributed by atoms with Crippen LogP contribution in [0.15, 0.2) is 36.4 Å². The van der Waals surface area contributed by atoms with E-state index in [2.05, 4.69) is 10.6 Å². The first-order valence-electron chi connectivity index (χ1n) is 7.23. The monoisotopic (exact) mass is 349 g/mol. The third-order valence-corrected chi connectivity index (χ3v) is 3.39. The van der Waals surface area contributed by atoms with E-state index in [4.69, 9.17) is 5.26 Å². The highest BCUT2D eigenvalue weighted by molar-refractivity contribution is 5.81. The van der Waals surface area contributed by atoms with E-state index in [9.17, 15) is 23.1 Å². The highest BCUT2D eigenvalue weighted by Crippen LogP contribution is 2.19. The van der Waals surface area contributed by atoms with Crippen LogP contribution in [0.4, 0.5) is 18.9 Å². The van der Waals surface area contributed by atoms with Crippen molar-refractivity contribution in [1.82, 2.24) is 5.32 Å². The van der Waals surface area contributed by atoms with Gasteiger partial charge in [-0.25, -0.2) is 13.2 Å². The van der Waals surface area contributed by atoms with Gasteiger partial charge in [-0.2, -0.15) is 5.26 Å². The van der Waals surface area contributed by atoms with Crippen LogP contribution in [-0.2, 0) is 4.79 Å². The molecule has 0 aliphatic carbocycles. The summed E-state index contributed by atoms with van der Waals surface area (Å²) in [4.78, 5) is 11.9. The Bertz CT molecular complexity index is 781. The van der Waals surface area contributed by atoms with Gasteiger partial charge in [-0.3, -0.25) is 4.79 Å². The quantitative estimate of drug-likeness (QED) is 0.698. The predicted octanol–water partition coefficient (Wildman–Crippen LogP) is 2.24. The molecule has 25 heavy (non-hydrogen) atoms. The molecule has 5 nitrogen and oxygen atoms in total. The largest absolute Gasteiger partial charge is 0.394 e. The maximum atomic E-state index is 13.3. The Morgan fingerprint density at radius 1 is 1.16 bits per heavy atom. The molecule has 0 saturated carbocycles. The lowest BCUT2D eigenvalue weighted by Crippen LogP contribution is -2.35. The molecule has 0 fully saturated rings. The molecule has 0 aromatic heterocycles. The van der Waals surface area contributed by atoms with Gasteiger partial charge in [0.15, 0.2) is 17.5 Å². The number of aliphatic hydroxyl groups is 1. The lowest BCUT2D eigenvalue weighted by atomic mass is 10.1. The maximum Gasteiger partial charge on any atom is 0.239 e. The van der Waals surface area contributed by atoms with Crippen molar-refractivity contribution < 1.29 is 23.1 Å². The van der Waals surface area contributed by atoms with Gasteiger partial charge in [0.25, 0.3) is 0 Å². The third-order valence-electron chi connectivity index (χ3n) is 3.39. The lowest BCUT2D eigenvalue weighted by Gasteiger charge is -2.17. The average Bonchev–Trinajstić information content (AvgIpc) is 2.62. The topological polar surface area (TPSA) is 85.2 Å². The SMILES string of the molecule is N#Cc1ccc(NCC(=O)NC(CO)c2cc(F)c(F)c(F)c2)cc1. The van der Waals surface area contributed by atoms with Crippen molar-refractivity contribution in [3.8, 4) is 6.07 Å². The number of aliphatic hydroxyl groups excluding tert-OH is 1. The lowest BCUT2D eigenvalue weighted by molar-refractivity contribution is -0.120. The Morgan fingerprint density at radius 3 is 2.28 bits per heavy atom. The first kappa shape index (κ1) is 18.3. The molecule has 0 radical (unpaired) electrons. The first-order chi connectivity index (χ1) is 11.9. The van der Waals surface area contributed by atoms with Crippen LogP contribution in [0.25, 0.3) is 0 Å². The molecule has 0 spiro atoms. The Hall–Kier alpha value is -3.05. The molecule has 2 aromatic carbocycles. The standard InChI is InChI=1S/C17H14F3N3O2/c18-13-5-11(6-14(19)17(13)20)15(9-24)23-16(25)8-22-12-3-1-10(7-21)2-4-12/h1-6,15,22,24H,8-9H2,(H,23,25). The number of anilines is 1. The van der Waals surface area contributed by atoms with Crippen LogP contribution >= 0.6 is 0 Å². The molecular formula is C17H14F3N3O2. The van der Waals surface area contributed by atoms with Crippen molar-refractivity contribution in [2.24, 2.45) is 0 Å². The molecule has 0 aliphatic heterocycles. The summed E-state index contributed by atoms with van der Waals surface area (Å²) >= 11 is 0. The van der Waals surface area contributed by atoms with Crippen molar-refractivity contribution >= 4 is 11.6 Å². The summed E-state index contributed by atoms with van der Waals surface area (Å²) in [6, 6.07) is 8.67. The molecule has 3 N–H and O–H groups in total. The van der Waals surface area contributed by atoms with E-state index in [-0.39, 0.29) is 12.1 Å². The number of amides is 1. The van der Waals surface area contributed by atoms with Crippen molar-refractivity contribution in [2.45, 2.75) is 6.04 Å². The van der Waals surface area contributed by atoms with E-state index in [1.165, 1.54) is 0 Å². The Balaban J connectivity index is 1.98. The number of nitrogens with zero attached hydrogens (tertiary/aromatic N) is 1. The van der Waals surface area contributed by atoms with Gasteiger partial charge in [-0.1, -0.05) is 0 Å². The van der Waals surface area contributed by atoms with E-state index in [1.54, 1.807) is 24.3 Å². The average molecular weight is 349 g/mol. The van der Waals surface area contributed by atoms with Crippen molar-refractivity contribution in [2.75, 3.05) is 18.5 Å². The minimum Gasteiger partial charge on any atom is -0.394 e. The molecule has 2 rings (SSSR count). The van der Waals surface area contributed by atoms with E-state index >= 15 is 0 Å². The van der Waals surface area contributed by atoms with Crippen LogP contribution < -0.4 is 10.6 Å². The van der Waals surface area contributed by atoms with Crippen LogP contribution in [0.3, 0.4) is 0 Å². The fourth-order valence-corrected chi connectivity index (χ4v) is 2.10. The second-order valence-electron chi connectivity index (χ2n) is 5.14. The second-order valence-corrected chi connectivity index (χ2v) is 5.14. The number of hydrogen-bond acceptors (Lipinski definition) is 4. The van der Waals surface area contributed by atoms with Crippen LogP contribution in [0, 0.1) is 28.8 Å². The van der Waals surface area contributed by atoms with E-state index in [0.717, 1.165) is 0 Å². The van der Waals surface area contributed by atoms with Crippen LogP contribution in [-0.4, -0.2) is 24.2 Å². The fourth-order valence-electron chi connectivity index (χ4n) is 2.10. The second kappa shape index (κ2) is 8.17. The summed E-state index contributed by atoms with van der Waals surface area (Å²) < 4.78 is 39.5. The van der Waals surface area contributed by atoms with Gasteiger partial charge in [-0.15, -0.1) is 0 Å². The molecule has 0 saturated heterocycles. The zero-order valence-electron chi connectivity index (χ0n) is 12.9. The van der Waals surface area contributed by atoms with Crippen LogP contribution in [0.2, 0.25) is 0 Å². The van der Waals surface area contributed by atoms with Gasteiger partial charge in [0.05, 0.1) is 30.8 Å². The normalized spacial score (nSPS) is 11.5. The number of benzene rings is 2. The summed E-state index contributed by atoms with van der Waals surface area (Å²) in [6.07, 6.45) is 0. The molecule has 1 unspecified atom stereocenters. The zero-order valence-corrected chi connectivity index (χ0v) is 12.9. The van der Waals surface area contributed by atoms with Gasteiger partial charge in [-0.05, 0) is 42.0 Å². The first-order valence-corrected chi connectivity index (χ1v) is 7.23. The Kier molecular flexibility index (Phi) is 5.98. The Labute approximate surface area is 141 Å². The van der Waals surface area contributed by atoms with E-state index < -0.39 is 36.0 Å². The minimum absolute atomic E-state index is 0.0920. The smallest absolute Gasteiger partial charge is 0.239 e. The number of rotatable bonds is 6. The highest BCUT2D eigenvalue weighted by atomic mass is 19.2. The maximum absolute atomic E-state index is 13.3. The van der Waals surface area contributed by atoms with E-state index in [1.807, 2.05) is 6.07 Å². The molecule has 2 aromatic rings. The molecule has 1 amide bonds. The van der Waals surface area contributed by atoms with Gasteiger partial charge in [0.1, 0.15) is 0 Å². The number of carbonyl (C=O) groups is 1. The molecule has 130 valence electrons. The summed E-state index contributed by atoms with van der Waals surface area (Å²) in [6.45, 7) is -0.790. The molecule has 1 atom stereocenters. The predicted molar refractivity (Wildman–Crippen MR) is 83.9 cm³/mol. The fraction of sp³-hybridized carbons (Fsp3) is 0.176. The summed E-state index contributed by atoms with van der Waals surface area (Å²) in [5.74, 6) is -4.97. The van der Waals surface area contributed by atoms with Crippen molar-refractivity contribution in [1.29, 1.82) is 5.26 Å². The summed E-state index contributed by atoms with van der Waals surface area (Å²) in [5.41, 5.74) is 0.968.